The number of hydrogen-bond donors (Lipinski definition) is 1. The highest BCUT2D eigenvalue weighted by Gasteiger charge is 1.96. The first-order valence-electron chi connectivity index (χ1n) is 4.87. The van der Waals surface area contributed by atoms with Gasteiger partial charge in [0.05, 0.1) is 11.9 Å². The Hall–Kier alpha value is -1.84. The molecular weight excluding hydrogens is 188 g/mol. The Bertz CT molecular complexity index is 447. The number of nitrogens with zero attached hydrogens (tertiary/aromatic N) is 3. The Morgan fingerprint density at radius 2 is 2.20 bits per heavy atom. The molecule has 0 aromatic carbocycles. The molecule has 0 radical (unpaired) electrons. The van der Waals surface area contributed by atoms with Gasteiger partial charge in [0.2, 0.25) is 0 Å². The van der Waals surface area contributed by atoms with Gasteiger partial charge in [0.15, 0.2) is 0 Å². The summed E-state index contributed by atoms with van der Waals surface area (Å²) in [7, 11) is 1.91. The third kappa shape index (κ3) is 2.56. The lowest BCUT2D eigenvalue weighted by Gasteiger charge is -2.04. The fourth-order valence-corrected chi connectivity index (χ4v) is 1.42. The van der Waals surface area contributed by atoms with Crippen LogP contribution in [-0.4, -0.2) is 14.8 Å². The Kier molecular flexibility index (Phi) is 2.67. The van der Waals surface area contributed by atoms with Crippen LogP contribution < -0.4 is 5.32 Å². The molecule has 0 bridgehead atoms. The average Bonchev–Trinajstić information content (AvgIpc) is 2.62. The summed E-state index contributed by atoms with van der Waals surface area (Å²) in [5.41, 5.74) is 3.36. The fraction of sp³-hybridized carbons (Fsp3) is 0.273. The molecular formula is C11H14N4. The molecule has 78 valence electrons. The molecule has 2 heterocycles. The highest BCUT2D eigenvalue weighted by Crippen LogP contribution is 2.08. The molecule has 0 unspecified atom stereocenters. The van der Waals surface area contributed by atoms with Crippen molar-refractivity contribution >= 4 is 5.69 Å². The first kappa shape index (κ1) is 9.71. The fourth-order valence-electron chi connectivity index (χ4n) is 1.42. The molecule has 2 rings (SSSR count). The van der Waals surface area contributed by atoms with E-state index in [2.05, 4.69) is 21.5 Å². The van der Waals surface area contributed by atoms with Gasteiger partial charge in [-0.2, -0.15) is 5.10 Å². The van der Waals surface area contributed by atoms with E-state index in [0.717, 1.165) is 17.8 Å². The summed E-state index contributed by atoms with van der Waals surface area (Å²) in [6.45, 7) is 2.81. The second-order valence-electron chi connectivity index (χ2n) is 3.63. The van der Waals surface area contributed by atoms with E-state index < -0.39 is 0 Å². The molecule has 0 atom stereocenters. The largest absolute Gasteiger partial charge is 0.380 e. The Labute approximate surface area is 89.0 Å². The molecule has 0 aliphatic carbocycles. The maximum absolute atomic E-state index is 4.12. The minimum Gasteiger partial charge on any atom is -0.380 e. The standard InChI is InChI=1S/C11H14N4/c1-9-3-11(7-12-4-9)13-5-10-6-14-15(2)8-10/h3-4,6-8,13H,5H2,1-2H3. The van der Waals surface area contributed by atoms with Crippen molar-refractivity contribution in [2.75, 3.05) is 5.32 Å². The first-order valence-corrected chi connectivity index (χ1v) is 4.87. The van der Waals surface area contributed by atoms with Crippen molar-refractivity contribution in [3.63, 3.8) is 0 Å². The van der Waals surface area contributed by atoms with Gasteiger partial charge in [0, 0.05) is 37.7 Å². The second-order valence-corrected chi connectivity index (χ2v) is 3.63. The van der Waals surface area contributed by atoms with Crippen LogP contribution in [0, 0.1) is 6.92 Å². The first-order chi connectivity index (χ1) is 7.24. The highest BCUT2D eigenvalue weighted by atomic mass is 15.2. The number of aryl methyl sites for hydroxylation is 2. The zero-order valence-electron chi connectivity index (χ0n) is 8.94. The van der Waals surface area contributed by atoms with E-state index >= 15 is 0 Å². The van der Waals surface area contributed by atoms with Crippen LogP contribution >= 0.6 is 0 Å². The predicted octanol–water partition coefficient (Wildman–Crippen LogP) is 1.74. The normalized spacial score (nSPS) is 10.3. The lowest BCUT2D eigenvalue weighted by molar-refractivity contribution is 0.767. The number of aromatic nitrogens is 3. The molecule has 0 amide bonds. The van der Waals surface area contributed by atoms with Crippen molar-refractivity contribution in [3.05, 3.63) is 42.0 Å². The molecule has 0 spiro atoms. The van der Waals surface area contributed by atoms with Crippen LogP contribution in [0.15, 0.2) is 30.9 Å². The number of nitrogens with one attached hydrogen (secondary N) is 1. The van der Waals surface area contributed by atoms with Gasteiger partial charge in [0.25, 0.3) is 0 Å². The van der Waals surface area contributed by atoms with E-state index in [9.17, 15) is 0 Å². The molecule has 4 nitrogen and oxygen atoms in total. The summed E-state index contributed by atoms with van der Waals surface area (Å²) < 4.78 is 1.80. The third-order valence-electron chi connectivity index (χ3n) is 2.13. The molecule has 15 heavy (non-hydrogen) atoms. The van der Waals surface area contributed by atoms with Gasteiger partial charge < -0.3 is 5.32 Å². The van der Waals surface area contributed by atoms with E-state index in [1.165, 1.54) is 5.56 Å². The SMILES string of the molecule is Cc1cncc(NCc2cnn(C)c2)c1. The van der Waals surface area contributed by atoms with Gasteiger partial charge in [-0.1, -0.05) is 0 Å². The van der Waals surface area contributed by atoms with Crippen molar-refractivity contribution in [2.45, 2.75) is 13.5 Å². The Morgan fingerprint density at radius 1 is 1.33 bits per heavy atom. The topological polar surface area (TPSA) is 42.7 Å². The minimum absolute atomic E-state index is 0.777. The quantitative estimate of drug-likeness (QED) is 0.824. The minimum atomic E-state index is 0.777. The molecule has 0 fully saturated rings. The average molecular weight is 202 g/mol. The molecule has 1 N–H and O–H groups in total. The maximum Gasteiger partial charge on any atom is 0.0539 e. The van der Waals surface area contributed by atoms with Gasteiger partial charge in [-0.25, -0.2) is 0 Å². The summed E-state index contributed by atoms with van der Waals surface area (Å²) in [6, 6.07) is 2.07. The molecule has 0 saturated carbocycles. The number of anilines is 1. The van der Waals surface area contributed by atoms with Crippen LogP contribution in [0.25, 0.3) is 0 Å². The smallest absolute Gasteiger partial charge is 0.0539 e. The maximum atomic E-state index is 4.12. The van der Waals surface area contributed by atoms with Crippen molar-refractivity contribution in [1.29, 1.82) is 0 Å². The van der Waals surface area contributed by atoms with E-state index in [0.29, 0.717) is 0 Å². The summed E-state index contributed by atoms with van der Waals surface area (Å²) in [4.78, 5) is 4.12. The Morgan fingerprint density at radius 3 is 2.87 bits per heavy atom. The Balaban J connectivity index is 1.99. The zero-order valence-corrected chi connectivity index (χ0v) is 8.94. The van der Waals surface area contributed by atoms with Gasteiger partial charge in [-0.15, -0.1) is 0 Å². The van der Waals surface area contributed by atoms with Crippen LogP contribution in [0.1, 0.15) is 11.1 Å². The lowest BCUT2D eigenvalue weighted by atomic mass is 10.3. The van der Waals surface area contributed by atoms with Crippen molar-refractivity contribution in [3.8, 4) is 0 Å². The molecule has 2 aromatic heterocycles. The molecule has 0 aliphatic rings. The predicted molar refractivity (Wildman–Crippen MR) is 59.5 cm³/mol. The van der Waals surface area contributed by atoms with E-state index in [4.69, 9.17) is 0 Å². The van der Waals surface area contributed by atoms with Crippen LogP contribution in [0.3, 0.4) is 0 Å². The van der Waals surface area contributed by atoms with Crippen molar-refractivity contribution in [1.82, 2.24) is 14.8 Å². The highest BCUT2D eigenvalue weighted by molar-refractivity contribution is 5.42. The van der Waals surface area contributed by atoms with Gasteiger partial charge in [-0.3, -0.25) is 9.67 Å². The third-order valence-corrected chi connectivity index (χ3v) is 2.13. The van der Waals surface area contributed by atoms with Crippen LogP contribution in [0.4, 0.5) is 5.69 Å². The number of pyridine rings is 1. The van der Waals surface area contributed by atoms with Crippen LogP contribution in [0.2, 0.25) is 0 Å². The summed E-state index contributed by atoms with van der Waals surface area (Å²) >= 11 is 0. The zero-order chi connectivity index (χ0) is 10.7. The summed E-state index contributed by atoms with van der Waals surface area (Å²) in [5, 5.41) is 7.41. The van der Waals surface area contributed by atoms with Crippen molar-refractivity contribution in [2.24, 2.45) is 7.05 Å². The van der Waals surface area contributed by atoms with Gasteiger partial charge in [0.1, 0.15) is 0 Å². The van der Waals surface area contributed by atoms with Crippen molar-refractivity contribution < 1.29 is 0 Å². The summed E-state index contributed by atoms with van der Waals surface area (Å²) in [5.74, 6) is 0. The van der Waals surface area contributed by atoms with Gasteiger partial charge in [-0.05, 0) is 18.6 Å². The van der Waals surface area contributed by atoms with E-state index in [1.807, 2.05) is 38.8 Å². The van der Waals surface area contributed by atoms with E-state index in [-0.39, 0.29) is 0 Å². The number of rotatable bonds is 3. The summed E-state index contributed by atoms with van der Waals surface area (Å²) in [6.07, 6.45) is 7.52. The molecule has 0 saturated heterocycles. The lowest BCUT2D eigenvalue weighted by Crippen LogP contribution is -1.99. The molecule has 0 aliphatic heterocycles. The van der Waals surface area contributed by atoms with Gasteiger partial charge >= 0.3 is 0 Å². The van der Waals surface area contributed by atoms with E-state index in [1.54, 1.807) is 4.68 Å². The number of hydrogen-bond acceptors (Lipinski definition) is 3. The van der Waals surface area contributed by atoms with Crippen LogP contribution in [0.5, 0.6) is 0 Å². The monoisotopic (exact) mass is 202 g/mol. The second kappa shape index (κ2) is 4.13. The molecule has 4 heteroatoms. The van der Waals surface area contributed by atoms with Crippen LogP contribution in [-0.2, 0) is 13.6 Å². The molecule has 2 aromatic rings.